The van der Waals surface area contributed by atoms with Crippen LogP contribution in [-0.2, 0) is 12.8 Å². The largest absolute Gasteiger partial charge is 0.449 e. The molecular formula is C14H20N4O. The van der Waals surface area contributed by atoms with Crippen molar-refractivity contribution in [3.8, 4) is 0 Å². The molecule has 2 heterocycles. The van der Waals surface area contributed by atoms with Gasteiger partial charge in [-0.1, -0.05) is 0 Å². The molecule has 0 atom stereocenters. The molecule has 0 unspecified atom stereocenters. The molecule has 0 aromatic carbocycles. The van der Waals surface area contributed by atoms with Gasteiger partial charge in [0.15, 0.2) is 5.89 Å². The monoisotopic (exact) mass is 260 g/mol. The van der Waals surface area contributed by atoms with Gasteiger partial charge in [0.05, 0.1) is 23.7 Å². The van der Waals surface area contributed by atoms with Gasteiger partial charge >= 0.3 is 0 Å². The van der Waals surface area contributed by atoms with Crippen LogP contribution in [0.15, 0.2) is 35.2 Å². The second-order valence-corrected chi connectivity index (χ2v) is 5.16. The van der Waals surface area contributed by atoms with Crippen LogP contribution < -0.4 is 11.1 Å². The summed E-state index contributed by atoms with van der Waals surface area (Å²) in [6, 6.07) is 4.02. The zero-order valence-corrected chi connectivity index (χ0v) is 11.4. The molecule has 0 aliphatic rings. The van der Waals surface area contributed by atoms with Gasteiger partial charge in [-0.15, -0.1) is 0 Å². The van der Waals surface area contributed by atoms with E-state index in [1.165, 1.54) is 0 Å². The molecule has 102 valence electrons. The summed E-state index contributed by atoms with van der Waals surface area (Å²) < 4.78 is 5.19. The third-order valence-electron chi connectivity index (χ3n) is 2.60. The van der Waals surface area contributed by atoms with Gasteiger partial charge in [-0.25, -0.2) is 4.98 Å². The second kappa shape index (κ2) is 5.84. The Morgan fingerprint density at radius 3 is 2.68 bits per heavy atom. The van der Waals surface area contributed by atoms with E-state index in [1.807, 2.05) is 32.2 Å². The first-order valence-corrected chi connectivity index (χ1v) is 6.43. The molecule has 0 bridgehead atoms. The number of nitrogens with two attached hydrogens (primary N) is 1. The lowest BCUT2D eigenvalue weighted by Gasteiger charge is -2.21. The maximum atomic E-state index is 5.88. The summed E-state index contributed by atoms with van der Waals surface area (Å²) in [4.78, 5) is 8.50. The van der Waals surface area contributed by atoms with Gasteiger partial charge in [0.2, 0.25) is 0 Å². The number of oxazole rings is 1. The van der Waals surface area contributed by atoms with E-state index in [0.717, 1.165) is 36.5 Å². The Balaban J connectivity index is 1.81. The Labute approximate surface area is 113 Å². The molecule has 0 aliphatic heterocycles. The van der Waals surface area contributed by atoms with Crippen LogP contribution in [0.4, 0.5) is 5.69 Å². The van der Waals surface area contributed by atoms with Crippen molar-refractivity contribution in [2.45, 2.75) is 38.8 Å². The predicted molar refractivity (Wildman–Crippen MR) is 74.7 cm³/mol. The number of hydrogen-bond donors (Lipinski definition) is 2. The van der Waals surface area contributed by atoms with Crippen molar-refractivity contribution in [2.24, 2.45) is 5.73 Å². The molecule has 2 aromatic rings. The molecular weight excluding hydrogens is 240 g/mol. The minimum atomic E-state index is -0.436. The first-order chi connectivity index (χ1) is 9.03. The summed E-state index contributed by atoms with van der Waals surface area (Å²) in [5, 5.41) is 3.18. The highest BCUT2D eigenvalue weighted by Crippen LogP contribution is 2.12. The maximum Gasteiger partial charge on any atom is 0.193 e. The van der Waals surface area contributed by atoms with E-state index in [1.54, 1.807) is 12.5 Å². The molecule has 0 radical (unpaired) electrons. The number of aryl methyl sites for hydroxylation is 2. The van der Waals surface area contributed by atoms with Crippen LogP contribution in [0.2, 0.25) is 0 Å². The van der Waals surface area contributed by atoms with Crippen molar-refractivity contribution in [1.29, 1.82) is 0 Å². The van der Waals surface area contributed by atoms with Crippen LogP contribution in [0.1, 0.15) is 31.9 Å². The summed E-state index contributed by atoms with van der Waals surface area (Å²) in [7, 11) is 0. The first-order valence-electron chi connectivity index (χ1n) is 6.43. The average Bonchev–Trinajstić information content (AvgIpc) is 2.82. The van der Waals surface area contributed by atoms with E-state index in [4.69, 9.17) is 10.2 Å². The molecule has 0 amide bonds. The SMILES string of the molecule is CC(C)(N)Nc1ccc(CCCc2ncco2)nc1. The van der Waals surface area contributed by atoms with Crippen LogP contribution in [0.5, 0.6) is 0 Å². The average molecular weight is 260 g/mol. The summed E-state index contributed by atoms with van der Waals surface area (Å²) in [5.74, 6) is 0.781. The molecule has 0 saturated carbocycles. The van der Waals surface area contributed by atoms with E-state index in [-0.39, 0.29) is 0 Å². The van der Waals surface area contributed by atoms with E-state index >= 15 is 0 Å². The number of rotatable bonds is 6. The maximum absolute atomic E-state index is 5.88. The van der Waals surface area contributed by atoms with Gasteiger partial charge in [-0.3, -0.25) is 4.98 Å². The van der Waals surface area contributed by atoms with Crippen LogP contribution in [0.3, 0.4) is 0 Å². The molecule has 0 saturated heterocycles. The number of nitrogens with zero attached hydrogens (tertiary/aromatic N) is 2. The zero-order chi connectivity index (χ0) is 13.7. The second-order valence-electron chi connectivity index (χ2n) is 5.16. The van der Waals surface area contributed by atoms with Crippen molar-refractivity contribution in [2.75, 3.05) is 5.32 Å². The van der Waals surface area contributed by atoms with Crippen LogP contribution in [-0.4, -0.2) is 15.6 Å². The van der Waals surface area contributed by atoms with Crippen molar-refractivity contribution in [3.63, 3.8) is 0 Å². The minimum Gasteiger partial charge on any atom is -0.449 e. The van der Waals surface area contributed by atoms with E-state index < -0.39 is 5.66 Å². The van der Waals surface area contributed by atoms with Gasteiger partial charge in [0.25, 0.3) is 0 Å². The molecule has 2 aromatic heterocycles. The zero-order valence-electron chi connectivity index (χ0n) is 11.4. The van der Waals surface area contributed by atoms with Crippen molar-refractivity contribution in [3.05, 3.63) is 42.4 Å². The molecule has 5 nitrogen and oxygen atoms in total. The predicted octanol–water partition coefficient (Wildman–Crippen LogP) is 2.35. The number of pyridine rings is 1. The molecule has 0 aliphatic carbocycles. The van der Waals surface area contributed by atoms with E-state index in [0.29, 0.717) is 0 Å². The van der Waals surface area contributed by atoms with Crippen molar-refractivity contribution < 1.29 is 4.42 Å². The lowest BCUT2D eigenvalue weighted by atomic mass is 10.1. The van der Waals surface area contributed by atoms with Gasteiger partial charge < -0.3 is 15.5 Å². The van der Waals surface area contributed by atoms with Gasteiger partial charge in [-0.05, 0) is 38.8 Å². The molecule has 5 heteroatoms. The summed E-state index contributed by atoms with van der Waals surface area (Å²) >= 11 is 0. The minimum absolute atomic E-state index is 0.436. The summed E-state index contributed by atoms with van der Waals surface area (Å²) in [6.07, 6.45) is 7.81. The fourth-order valence-electron chi connectivity index (χ4n) is 1.82. The molecule has 3 N–H and O–H groups in total. The van der Waals surface area contributed by atoms with Gasteiger partial charge in [-0.2, -0.15) is 0 Å². The standard InChI is InChI=1S/C14H20N4O/c1-14(2,15)18-12-7-6-11(17-10-12)4-3-5-13-16-8-9-19-13/h6-10,18H,3-5,15H2,1-2H3. The highest BCUT2D eigenvalue weighted by atomic mass is 16.3. The number of hydrogen-bond acceptors (Lipinski definition) is 5. The molecule has 19 heavy (non-hydrogen) atoms. The lowest BCUT2D eigenvalue weighted by molar-refractivity contribution is 0.486. The molecule has 0 fully saturated rings. The Kier molecular flexibility index (Phi) is 4.16. The Bertz CT molecular complexity index is 485. The van der Waals surface area contributed by atoms with Crippen molar-refractivity contribution in [1.82, 2.24) is 9.97 Å². The van der Waals surface area contributed by atoms with Crippen LogP contribution in [0.25, 0.3) is 0 Å². The topological polar surface area (TPSA) is 77.0 Å². The fraction of sp³-hybridized carbons (Fsp3) is 0.429. The quantitative estimate of drug-likeness (QED) is 0.780. The lowest BCUT2D eigenvalue weighted by Crippen LogP contribution is -2.40. The first kappa shape index (κ1) is 13.5. The molecule has 2 rings (SSSR count). The molecule has 0 spiro atoms. The van der Waals surface area contributed by atoms with Gasteiger partial charge in [0.1, 0.15) is 6.26 Å². The van der Waals surface area contributed by atoms with Gasteiger partial charge in [0, 0.05) is 12.1 Å². The van der Waals surface area contributed by atoms with Crippen LogP contribution in [0, 0.1) is 0 Å². The Morgan fingerprint density at radius 2 is 2.11 bits per heavy atom. The fourth-order valence-corrected chi connectivity index (χ4v) is 1.82. The van der Waals surface area contributed by atoms with E-state index in [9.17, 15) is 0 Å². The summed E-state index contributed by atoms with van der Waals surface area (Å²) in [5.41, 5.74) is 7.44. The number of aromatic nitrogens is 2. The normalized spacial score (nSPS) is 11.5. The van der Waals surface area contributed by atoms with E-state index in [2.05, 4.69) is 15.3 Å². The Morgan fingerprint density at radius 1 is 1.26 bits per heavy atom. The third-order valence-corrected chi connectivity index (χ3v) is 2.60. The number of nitrogens with one attached hydrogen (secondary N) is 1. The summed E-state index contributed by atoms with van der Waals surface area (Å²) in [6.45, 7) is 3.83. The van der Waals surface area contributed by atoms with Crippen molar-refractivity contribution >= 4 is 5.69 Å². The highest BCUT2D eigenvalue weighted by molar-refractivity contribution is 5.42. The highest BCUT2D eigenvalue weighted by Gasteiger charge is 2.09. The number of anilines is 1. The smallest absolute Gasteiger partial charge is 0.193 e. The van der Waals surface area contributed by atoms with Crippen LogP contribution >= 0.6 is 0 Å². The Hall–Kier alpha value is -1.88. The third kappa shape index (κ3) is 4.71.